The van der Waals surface area contributed by atoms with Gasteiger partial charge >= 0.3 is 0 Å². The molecule has 0 saturated heterocycles. The van der Waals surface area contributed by atoms with Gasteiger partial charge in [-0.3, -0.25) is 10.6 Å². The molecule has 1 aromatic carbocycles. The van der Waals surface area contributed by atoms with Crippen molar-refractivity contribution in [3.8, 4) is 0 Å². The predicted molar refractivity (Wildman–Crippen MR) is 41.9 cm³/mol. The first-order valence-electron chi connectivity index (χ1n) is 3.16. The minimum atomic E-state index is 0.993. The van der Waals surface area contributed by atoms with Gasteiger partial charge in [-0.05, 0) is 24.3 Å². The molecule has 0 heterocycles. The third kappa shape index (κ3) is 1.41. The van der Waals surface area contributed by atoms with E-state index in [0.717, 1.165) is 11.4 Å². The lowest BCUT2D eigenvalue weighted by molar-refractivity contribution is 1.07. The highest BCUT2D eigenvalue weighted by atomic mass is 14.8. The van der Waals surface area contributed by atoms with Crippen LogP contribution in [0.1, 0.15) is 0 Å². The van der Waals surface area contributed by atoms with E-state index >= 15 is 0 Å². The molecule has 2 radical (unpaired) electrons. The topological polar surface area (TPSA) is 28.2 Å². The van der Waals surface area contributed by atoms with Gasteiger partial charge < -0.3 is 0 Å². The van der Waals surface area contributed by atoms with Crippen molar-refractivity contribution in [2.75, 3.05) is 14.1 Å². The normalized spacial score (nSPS) is 9.00. The Balaban J connectivity index is 2.80. The maximum absolute atomic E-state index is 4.00. The molecule has 0 bridgehead atoms. The Kier molecular flexibility index (Phi) is 2.15. The standard InChI is InChI=1S/C8H10N2/c1-9-7-3-5-8(10-2)6-4-7/h3-6H,1-2H3. The molecular weight excluding hydrogens is 124 g/mol. The summed E-state index contributed by atoms with van der Waals surface area (Å²) in [7, 11) is 3.55. The van der Waals surface area contributed by atoms with E-state index in [-0.39, 0.29) is 0 Å². The average Bonchev–Trinajstić information content (AvgIpc) is 2.05. The van der Waals surface area contributed by atoms with Gasteiger partial charge in [0.25, 0.3) is 0 Å². The van der Waals surface area contributed by atoms with E-state index in [2.05, 4.69) is 10.6 Å². The number of benzene rings is 1. The monoisotopic (exact) mass is 134 g/mol. The minimum absolute atomic E-state index is 0.993. The van der Waals surface area contributed by atoms with Crippen LogP contribution in [0.25, 0.3) is 0 Å². The van der Waals surface area contributed by atoms with Crippen LogP contribution >= 0.6 is 0 Å². The molecule has 0 saturated carbocycles. The van der Waals surface area contributed by atoms with Crippen LogP contribution in [0.4, 0.5) is 11.4 Å². The van der Waals surface area contributed by atoms with E-state index in [1.165, 1.54) is 0 Å². The number of hydrogen-bond acceptors (Lipinski definition) is 0. The molecule has 0 aliphatic rings. The van der Waals surface area contributed by atoms with Gasteiger partial charge in [0.15, 0.2) is 0 Å². The third-order valence-corrected chi connectivity index (χ3v) is 1.37. The summed E-state index contributed by atoms with van der Waals surface area (Å²) in [4.78, 5) is 0. The van der Waals surface area contributed by atoms with Gasteiger partial charge in [0.2, 0.25) is 0 Å². The van der Waals surface area contributed by atoms with Crippen molar-refractivity contribution in [3.63, 3.8) is 0 Å². The first-order valence-corrected chi connectivity index (χ1v) is 3.16. The van der Waals surface area contributed by atoms with E-state index in [1.54, 1.807) is 14.1 Å². The quantitative estimate of drug-likeness (QED) is 0.585. The maximum atomic E-state index is 4.00. The zero-order valence-corrected chi connectivity index (χ0v) is 6.20. The Hall–Kier alpha value is -1.18. The first kappa shape index (κ1) is 6.93. The second-order valence-corrected chi connectivity index (χ2v) is 1.96. The molecular formula is C8H10N2. The highest BCUT2D eigenvalue weighted by Gasteiger charge is 1.89. The lowest BCUT2D eigenvalue weighted by Gasteiger charge is -1.97. The summed E-state index contributed by atoms with van der Waals surface area (Å²) in [5.41, 5.74) is 1.99. The Morgan fingerprint density at radius 2 is 1.10 bits per heavy atom. The van der Waals surface area contributed by atoms with Crippen LogP contribution in [0.5, 0.6) is 0 Å². The molecule has 0 unspecified atom stereocenters. The lowest BCUT2D eigenvalue weighted by atomic mass is 10.3. The molecule has 2 nitrogen and oxygen atoms in total. The van der Waals surface area contributed by atoms with Crippen LogP contribution in [0.2, 0.25) is 0 Å². The molecule has 0 fully saturated rings. The van der Waals surface area contributed by atoms with Gasteiger partial charge in [-0.1, -0.05) is 0 Å². The van der Waals surface area contributed by atoms with Crippen molar-refractivity contribution >= 4 is 11.4 Å². The molecule has 0 spiro atoms. The van der Waals surface area contributed by atoms with Crippen LogP contribution in [-0.4, -0.2) is 14.1 Å². The van der Waals surface area contributed by atoms with Crippen molar-refractivity contribution in [1.82, 2.24) is 10.6 Å². The zero-order chi connectivity index (χ0) is 7.40. The summed E-state index contributed by atoms with van der Waals surface area (Å²) in [6, 6.07) is 7.79. The highest BCUT2D eigenvalue weighted by Crippen LogP contribution is 2.11. The molecule has 1 aromatic rings. The third-order valence-electron chi connectivity index (χ3n) is 1.37. The molecule has 52 valence electrons. The van der Waals surface area contributed by atoms with Crippen LogP contribution in [0.15, 0.2) is 24.3 Å². The second-order valence-electron chi connectivity index (χ2n) is 1.96. The highest BCUT2D eigenvalue weighted by molar-refractivity contribution is 5.45. The summed E-state index contributed by atoms with van der Waals surface area (Å²) < 4.78 is 0. The van der Waals surface area contributed by atoms with Crippen LogP contribution in [0, 0.1) is 0 Å². The van der Waals surface area contributed by atoms with Crippen molar-refractivity contribution in [1.29, 1.82) is 0 Å². The zero-order valence-electron chi connectivity index (χ0n) is 6.20. The van der Waals surface area contributed by atoms with E-state index in [9.17, 15) is 0 Å². The van der Waals surface area contributed by atoms with Gasteiger partial charge in [0, 0.05) is 14.1 Å². The summed E-state index contributed by atoms with van der Waals surface area (Å²) in [6.45, 7) is 0. The maximum Gasteiger partial charge on any atom is 0.0572 e. The van der Waals surface area contributed by atoms with Gasteiger partial charge in [-0.25, -0.2) is 0 Å². The van der Waals surface area contributed by atoms with Gasteiger partial charge in [0.1, 0.15) is 0 Å². The number of nitrogens with zero attached hydrogens (tertiary/aromatic N) is 2. The Morgan fingerprint density at radius 1 is 0.800 bits per heavy atom. The van der Waals surface area contributed by atoms with Crippen molar-refractivity contribution in [3.05, 3.63) is 24.3 Å². The summed E-state index contributed by atoms with van der Waals surface area (Å²) in [5.74, 6) is 0. The van der Waals surface area contributed by atoms with Crippen LogP contribution in [0.3, 0.4) is 0 Å². The van der Waals surface area contributed by atoms with Gasteiger partial charge in [-0.15, -0.1) is 0 Å². The fourth-order valence-corrected chi connectivity index (χ4v) is 0.751. The van der Waals surface area contributed by atoms with E-state index in [0.29, 0.717) is 0 Å². The molecule has 0 aliphatic heterocycles. The first-order chi connectivity index (χ1) is 4.86. The Bertz CT molecular complexity index is 168. The molecule has 0 aromatic heterocycles. The molecule has 1 rings (SSSR count). The Labute approximate surface area is 61.3 Å². The van der Waals surface area contributed by atoms with Crippen molar-refractivity contribution in [2.45, 2.75) is 0 Å². The predicted octanol–water partition coefficient (Wildman–Crippen LogP) is 1.42. The molecule has 0 aliphatic carbocycles. The van der Waals surface area contributed by atoms with E-state index < -0.39 is 0 Å². The van der Waals surface area contributed by atoms with E-state index in [1.807, 2.05) is 24.3 Å². The summed E-state index contributed by atoms with van der Waals surface area (Å²) >= 11 is 0. The molecule has 2 heteroatoms. The largest absolute Gasteiger partial charge is 0.289 e. The van der Waals surface area contributed by atoms with Gasteiger partial charge in [-0.2, -0.15) is 0 Å². The van der Waals surface area contributed by atoms with Crippen molar-refractivity contribution < 1.29 is 0 Å². The fraction of sp³-hybridized carbons (Fsp3) is 0.250. The second kappa shape index (κ2) is 3.11. The number of hydrogen-bond donors (Lipinski definition) is 0. The summed E-state index contributed by atoms with van der Waals surface area (Å²) in [6.07, 6.45) is 0. The molecule has 0 atom stereocenters. The number of rotatable bonds is 2. The van der Waals surface area contributed by atoms with E-state index in [4.69, 9.17) is 0 Å². The fourth-order valence-electron chi connectivity index (χ4n) is 0.751. The lowest BCUT2D eigenvalue weighted by Crippen LogP contribution is -1.88. The molecule has 10 heavy (non-hydrogen) atoms. The minimum Gasteiger partial charge on any atom is -0.289 e. The summed E-state index contributed by atoms with van der Waals surface area (Å²) in [5, 5.41) is 8.01. The molecule has 0 N–H and O–H groups in total. The Morgan fingerprint density at radius 3 is 1.30 bits per heavy atom. The van der Waals surface area contributed by atoms with Crippen molar-refractivity contribution in [2.24, 2.45) is 0 Å². The average molecular weight is 134 g/mol. The SMILES string of the molecule is C[N]c1ccc([N]C)cc1. The van der Waals surface area contributed by atoms with Gasteiger partial charge in [0.05, 0.1) is 11.4 Å². The van der Waals surface area contributed by atoms with Crippen LogP contribution in [-0.2, 0) is 0 Å². The smallest absolute Gasteiger partial charge is 0.0572 e. The van der Waals surface area contributed by atoms with Crippen LogP contribution < -0.4 is 10.6 Å². The molecule has 0 amide bonds.